The molecule has 0 unspecified atom stereocenters. The predicted octanol–water partition coefficient (Wildman–Crippen LogP) is 5.57. The Hall–Kier alpha value is -1.32. The minimum atomic E-state index is 0.562. The van der Waals surface area contributed by atoms with Gasteiger partial charge in [-0.15, -0.1) is 11.3 Å². The van der Waals surface area contributed by atoms with E-state index in [4.69, 9.17) is 4.74 Å². The number of rotatable bonds is 5. The van der Waals surface area contributed by atoms with Crippen LogP contribution in [0.25, 0.3) is 0 Å². The first-order valence-electron chi connectivity index (χ1n) is 8.78. The Morgan fingerprint density at radius 1 is 1.17 bits per heavy atom. The lowest BCUT2D eigenvalue weighted by Gasteiger charge is -2.30. The molecule has 1 aromatic carbocycles. The molecular weight excluding hydrogens is 302 g/mol. The second kappa shape index (κ2) is 7.98. The van der Waals surface area contributed by atoms with Gasteiger partial charge in [0.15, 0.2) is 0 Å². The quantitative estimate of drug-likeness (QED) is 0.711. The molecule has 1 aromatic heterocycles. The molecule has 0 bridgehead atoms. The highest BCUT2D eigenvalue weighted by atomic mass is 32.1. The number of benzene rings is 1. The molecule has 1 aliphatic heterocycles. The van der Waals surface area contributed by atoms with E-state index in [2.05, 4.69) is 54.5 Å². The second-order valence-electron chi connectivity index (χ2n) is 6.34. The van der Waals surface area contributed by atoms with Gasteiger partial charge in [0, 0.05) is 23.0 Å². The van der Waals surface area contributed by atoms with Crippen molar-refractivity contribution in [2.24, 2.45) is 0 Å². The summed E-state index contributed by atoms with van der Waals surface area (Å²) in [7, 11) is 0. The van der Waals surface area contributed by atoms with Crippen molar-refractivity contribution in [2.45, 2.75) is 52.1 Å². The monoisotopic (exact) mass is 329 g/mol. The third-order valence-electron chi connectivity index (χ3n) is 4.71. The number of aryl methyl sites for hydroxylation is 1. The SMILES string of the molecule is CCOc1ccccc1CN1CCCCC[C@H]1c1sccc1C. The molecule has 3 heteroatoms. The maximum atomic E-state index is 5.84. The Balaban J connectivity index is 1.85. The molecule has 2 heterocycles. The van der Waals surface area contributed by atoms with Crippen LogP contribution in [0.3, 0.4) is 0 Å². The van der Waals surface area contributed by atoms with E-state index in [-0.39, 0.29) is 0 Å². The second-order valence-corrected chi connectivity index (χ2v) is 7.29. The molecular formula is C20H27NOS. The largest absolute Gasteiger partial charge is 0.494 e. The van der Waals surface area contributed by atoms with Crippen molar-refractivity contribution in [1.29, 1.82) is 0 Å². The minimum absolute atomic E-state index is 0.562. The zero-order valence-corrected chi connectivity index (χ0v) is 15.1. The standard InChI is InChI=1S/C20H27NOS/c1-3-22-19-11-7-6-9-17(19)15-21-13-8-4-5-10-18(21)20-16(2)12-14-23-20/h6-7,9,11-12,14,18H,3-5,8,10,13,15H2,1-2H3/t18-/m0/s1. The van der Waals surface area contributed by atoms with Crippen molar-refractivity contribution < 1.29 is 4.74 Å². The fraction of sp³-hybridized carbons (Fsp3) is 0.500. The summed E-state index contributed by atoms with van der Waals surface area (Å²) >= 11 is 1.92. The van der Waals surface area contributed by atoms with Crippen LogP contribution in [-0.4, -0.2) is 18.1 Å². The fourth-order valence-corrected chi connectivity index (χ4v) is 4.63. The van der Waals surface area contributed by atoms with E-state index >= 15 is 0 Å². The Morgan fingerprint density at radius 2 is 2.04 bits per heavy atom. The first-order valence-corrected chi connectivity index (χ1v) is 9.66. The summed E-state index contributed by atoms with van der Waals surface area (Å²) < 4.78 is 5.84. The van der Waals surface area contributed by atoms with Crippen LogP contribution in [0.15, 0.2) is 35.7 Å². The zero-order valence-electron chi connectivity index (χ0n) is 14.3. The molecule has 1 saturated heterocycles. The lowest BCUT2D eigenvalue weighted by atomic mass is 10.0. The summed E-state index contributed by atoms with van der Waals surface area (Å²) in [6, 6.07) is 11.3. The molecule has 0 amide bonds. The molecule has 1 fully saturated rings. The summed E-state index contributed by atoms with van der Waals surface area (Å²) in [5.74, 6) is 1.04. The highest BCUT2D eigenvalue weighted by Gasteiger charge is 2.25. The van der Waals surface area contributed by atoms with Crippen molar-refractivity contribution in [2.75, 3.05) is 13.2 Å². The van der Waals surface area contributed by atoms with Gasteiger partial charge in [-0.3, -0.25) is 4.90 Å². The number of ether oxygens (including phenoxy) is 1. The molecule has 0 N–H and O–H groups in total. The first kappa shape index (κ1) is 16.5. The summed E-state index contributed by atoms with van der Waals surface area (Å²) in [4.78, 5) is 4.23. The molecule has 23 heavy (non-hydrogen) atoms. The van der Waals surface area contributed by atoms with E-state index in [9.17, 15) is 0 Å². The number of likely N-dealkylation sites (tertiary alicyclic amines) is 1. The van der Waals surface area contributed by atoms with Crippen LogP contribution in [0.5, 0.6) is 5.75 Å². The van der Waals surface area contributed by atoms with Crippen molar-refractivity contribution >= 4 is 11.3 Å². The summed E-state index contributed by atoms with van der Waals surface area (Å²) in [6.45, 7) is 7.20. The van der Waals surface area contributed by atoms with E-state index in [0.717, 1.165) is 18.9 Å². The molecule has 3 rings (SSSR count). The van der Waals surface area contributed by atoms with Crippen molar-refractivity contribution in [3.05, 3.63) is 51.7 Å². The Morgan fingerprint density at radius 3 is 2.83 bits per heavy atom. The van der Waals surface area contributed by atoms with Crippen LogP contribution in [0.2, 0.25) is 0 Å². The highest BCUT2D eigenvalue weighted by Crippen LogP contribution is 2.36. The lowest BCUT2D eigenvalue weighted by molar-refractivity contribution is 0.191. The molecule has 0 aliphatic carbocycles. The summed E-state index contributed by atoms with van der Waals surface area (Å²) in [5.41, 5.74) is 2.76. The predicted molar refractivity (Wildman–Crippen MR) is 98.3 cm³/mol. The highest BCUT2D eigenvalue weighted by molar-refractivity contribution is 7.10. The fourth-order valence-electron chi connectivity index (χ4n) is 3.53. The molecule has 2 aromatic rings. The van der Waals surface area contributed by atoms with Gasteiger partial charge in [0.05, 0.1) is 6.61 Å². The molecule has 0 saturated carbocycles. The number of hydrogen-bond acceptors (Lipinski definition) is 3. The van der Waals surface area contributed by atoms with Gasteiger partial charge in [-0.2, -0.15) is 0 Å². The van der Waals surface area contributed by atoms with Gasteiger partial charge in [0.25, 0.3) is 0 Å². The van der Waals surface area contributed by atoms with Crippen molar-refractivity contribution in [1.82, 2.24) is 4.90 Å². The normalized spacial score (nSPS) is 19.5. The van der Waals surface area contributed by atoms with Crippen LogP contribution in [-0.2, 0) is 6.54 Å². The Labute approximate surface area is 144 Å². The molecule has 0 radical (unpaired) electrons. The van der Waals surface area contributed by atoms with E-state index in [1.807, 2.05) is 11.3 Å². The van der Waals surface area contributed by atoms with Crippen LogP contribution in [0.4, 0.5) is 0 Å². The van der Waals surface area contributed by atoms with Gasteiger partial charge in [-0.05, 0) is 56.3 Å². The van der Waals surface area contributed by atoms with Crippen molar-refractivity contribution in [3.63, 3.8) is 0 Å². The van der Waals surface area contributed by atoms with E-state index in [0.29, 0.717) is 6.04 Å². The Bertz CT molecular complexity index is 622. The molecule has 0 spiro atoms. The zero-order chi connectivity index (χ0) is 16.1. The molecule has 1 atom stereocenters. The Kier molecular flexibility index (Phi) is 5.74. The third-order valence-corrected chi connectivity index (χ3v) is 5.83. The van der Waals surface area contributed by atoms with E-state index < -0.39 is 0 Å². The van der Waals surface area contributed by atoms with Gasteiger partial charge < -0.3 is 4.74 Å². The van der Waals surface area contributed by atoms with Gasteiger partial charge in [-0.1, -0.05) is 31.0 Å². The summed E-state index contributed by atoms with van der Waals surface area (Å²) in [6.07, 6.45) is 5.27. The van der Waals surface area contributed by atoms with Gasteiger partial charge >= 0.3 is 0 Å². The number of hydrogen-bond donors (Lipinski definition) is 0. The number of thiophene rings is 1. The third kappa shape index (κ3) is 3.96. The number of nitrogens with zero attached hydrogens (tertiary/aromatic N) is 1. The van der Waals surface area contributed by atoms with E-state index in [1.165, 1.54) is 43.4 Å². The molecule has 1 aliphatic rings. The average Bonchev–Trinajstić information content (AvgIpc) is 2.85. The molecule has 2 nitrogen and oxygen atoms in total. The van der Waals surface area contributed by atoms with Gasteiger partial charge in [0.2, 0.25) is 0 Å². The van der Waals surface area contributed by atoms with Crippen LogP contribution in [0, 0.1) is 6.92 Å². The topological polar surface area (TPSA) is 12.5 Å². The van der Waals surface area contributed by atoms with E-state index in [1.54, 1.807) is 4.88 Å². The van der Waals surface area contributed by atoms with Crippen LogP contribution in [0.1, 0.15) is 54.7 Å². The average molecular weight is 330 g/mol. The van der Waals surface area contributed by atoms with Crippen LogP contribution < -0.4 is 4.74 Å². The first-order chi connectivity index (χ1) is 11.3. The minimum Gasteiger partial charge on any atom is -0.494 e. The maximum Gasteiger partial charge on any atom is 0.123 e. The smallest absolute Gasteiger partial charge is 0.123 e. The van der Waals surface area contributed by atoms with Gasteiger partial charge in [-0.25, -0.2) is 0 Å². The molecule has 124 valence electrons. The maximum absolute atomic E-state index is 5.84. The lowest BCUT2D eigenvalue weighted by Crippen LogP contribution is -2.28. The summed E-state index contributed by atoms with van der Waals surface area (Å²) in [5, 5.41) is 2.24. The van der Waals surface area contributed by atoms with Crippen LogP contribution >= 0.6 is 11.3 Å². The number of para-hydroxylation sites is 1. The van der Waals surface area contributed by atoms with Gasteiger partial charge in [0.1, 0.15) is 5.75 Å². The van der Waals surface area contributed by atoms with Crippen molar-refractivity contribution in [3.8, 4) is 5.75 Å².